The molecule has 1 rings (SSSR count). The van der Waals surface area contributed by atoms with Gasteiger partial charge in [-0.15, -0.1) is 0 Å². The average molecular weight is 242 g/mol. The predicted molar refractivity (Wildman–Crippen MR) is 50.2 cm³/mol. The molecule has 0 amide bonds. The molecule has 0 aromatic carbocycles. The second-order valence-corrected chi connectivity index (χ2v) is 4.27. The van der Waals surface area contributed by atoms with Gasteiger partial charge in [0.1, 0.15) is 0 Å². The Balaban J connectivity index is 0.00000121. The van der Waals surface area contributed by atoms with E-state index in [-0.39, 0.29) is 32.7 Å². The third kappa shape index (κ3) is 2.80. The monoisotopic (exact) mass is 242 g/mol. The third-order valence-electron chi connectivity index (χ3n) is 3.73. The zero-order valence-electron chi connectivity index (χ0n) is 8.88. The van der Waals surface area contributed by atoms with E-state index in [4.69, 9.17) is 0 Å². The summed E-state index contributed by atoms with van der Waals surface area (Å²) in [6.45, 7) is 9.37. The van der Waals surface area contributed by atoms with Crippen molar-refractivity contribution in [2.24, 2.45) is 23.7 Å². The molecule has 1 fully saturated rings. The summed E-state index contributed by atoms with van der Waals surface area (Å²) in [7, 11) is 0. The molecule has 69 valence electrons. The molecule has 0 spiro atoms. The van der Waals surface area contributed by atoms with Gasteiger partial charge in [0.2, 0.25) is 0 Å². The maximum Gasteiger partial charge on any atom is 0 e. The van der Waals surface area contributed by atoms with E-state index < -0.39 is 0 Å². The summed E-state index contributed by atoms with van der Waals surface area (Å²) in [4.78, 5) is 0. The summed E-state index contributed by atoms with van der Waals surface area (Å²) in [5.74, 6) is 3.70. The average Bonchev–Trinajstić information content (AvgIpc) is 2.32. The van der Waals surface area contributed by atoms with Gasteiger partial charge in [0.05, 0.1) is 0 Å². The second kappa shape index (κ2) is 5.75. The largest absolute Gasteiger partial charge is 0.328 e. The Kier molecular flexibility index (Phi) is 6.28. The molecule has 1 aliphatic carbocycles. The van der Waals surface area contributed by atoms with Crippen molar-refractivity contribution >= 4 is 0 Å². The molecule has 0 N–H and O–H groups in total. The standard InChI is InChI=1S/C11H21.Y/c1-5-8(2)11-7-6-9(3)10(11)4;/h5,8-11H,6-7H2,1-4H3;/q-1;/t8?,9-,10+,11+;/m1./s1. The van der Waals surface area contributed by atoms with Crippen molar-refractivity contribution < 1.29 is 32.7 Å². The minimum absolute atomic E-state index is 0. The van der Waals surface area contributed by atoms with Gasteiger partial charge in [0.15, 0.2) is 0 Å². The topological polar surface area (TPSA) is 0 Å². The molecular formula is C11H21Y-. The van der Waals surface area contributed by atoms with Crippen molar-refractivity contribution in [3.63, 3.8) is 0 Å². The molecule has 1 unspecified atom stereocenters. The minimum atomic E-state index is 0. The van der Waals surface area contributed by atoms with Crippen LogP contribution < -0.4 is 0 Å². The molecule has 0 aromatic heterocycles. The van der Waals surface area contributed by atoms with Gasteiger partial charge in [-0.05, 0) is 11.8 Å². The van der Waals surface area contributed by atoms with Crippen LogP contribution in [0.4, 0.5) is 0 Å². The summed E-state index contributed by atoms with van der Waals surface area (Å²) >= 11 is 0. The zero-order chi connectivity index (χ0) is 8.43. The van der Waals surface area contributed by atoms with Crippen LogP contribution in [0.5, 0.6) is 0 Å². The SMILES string of the molecule is C[CH-]C(C)[C@@H]1CC[C@@H](C)[C@@H]1C.[Y]. The fraction of sp³-hybridized carbons (Fsp3) is 0.909. The first kappa shape index (κ1) is 13.1. The van der Waals surface area contributed by atoms with Crippen LogP contribution in [0.15, 0.2) is 0 Å². The Morgan fingerprint density at radius 2 is 1.83 bits per heavy atom. The number of hydrogen-bond donors (Lipinski definition) is 0. The summed E-state index contributed by atoms with van der Waals surface area (Å²) in [5.41, 5.74) is 0. The molecule has 4 atom stereocenters. The molecule has 1 aliphatic rings. The van der Waals surface area contributed by atoms with Crippen LogP contribution in [-0.2, 0) is 32.7 Å². The van der Waals surface area contributed by atoms with E-state index in [9.17, 15) is 0 Å². The Labute approximate surface area is 103 Å². The zero-order valence-corrected chi connectivity index (χ0v) is 11.7. The molecule has 0 heterocycles. The van der Waals surface area contributed by atoms with Crippen LogP contribution >= 0.6 is 0 Å². The quantitative estimate of drug-likeness (QED) is 0.650. The van der Waals surface area contributed by atoms with E-state index in [1.807, 2.05) is 0 Å². The molecule has 0 aromatic rings. The van der Waals surface area contributed by atoms with E-state index in [2.05, 4.69) is 34.1 Å². The van der Waals surface area contributed by atoms with Crippen LogP contribution in [-0.4, -0.2) is 0 Å². The maximum atomic E-state index is 2.42. The summed E-state index contributed by atoms with van der Waals surface area (Å²) in [5, 5.41) is 0. The normalized spacial score (nSPS) is 37.5. The van der Waals surface area contributed by atoms with Gasteiger partial charge >= 0.3 is 0 Å². The van der Waals surface area contributed by atoms with Crippen LogP contribution in [0, 0.1) is 30.1 Å². The molecule has 1 heteroatoms. The molecule has 0 saturated heterocycles. The van der Waals surface area contributed by atoms with E-state index in [0.29, 0.717) is 0 Å². The van der Waals surface area contributed by atoms with Gasteiger partial charge in [0, 0.05) is 32.7 Å². The van der Waals surface area contributed by atoms with Crippen molar-refractivity contribution in [2.75, 3.05) is 0 Å². The fourth-order valence-corrected chi connectivity index (χ4v) is 2.39. The molecular weight excluding hydrogens is 221 g/mol. The van der Waals surface area contributed by atoms with Crippen molar-refractivity contribution in [2.45, 2.75) is 40.5 Å². The van der Waals surface area contributed by atoms with E-state index in [1.54, 1.807) is 0 Å². The van der Waals surface area contributed by atoms with Crippen LogP contribution in [0.3, 0.4) is 0 Å². The summed E-state index contributed by atoms with van der Waals surface area (Å²) in [6, 6.07) is 0. The maximum absolute atomic E-state index is 2.42. The van der Waals surface area contributed by atoms with Crippen molar-refractivity contribution in [3.8, 4) is 0 Å². The summed E-state index contributed by atoms with van der Waals surface area (Å²) in [6.07, 6.45) is 5.26. The Hall–Kier alpha value is 1.10. The van der Waals surface area contributed by atoms with E-state index in [0.717, 1.165) is 23.7 Å². The van der Waals surface area contributed by atoms with Crippen molar-refractivity contribution in [3.05, 3.63) is 6.42 Å². The van der Waals surface area contributed by atoms with Crippen molar-refractivity contribution in [1.82, 2.24) is 0 Å². The predicted octanol–water partition coefficient (Wildman–Crippen LogP) is 3.53. The molecule has 0 aliphatic heterocycles. The first-order valence-corrected chi connectivity index (χ1v) is 4.96. The van der Waals surface area contributed by atoms with Gasteiger partial charge in [-0.3, -0.25) is 0 Å². The summed E-state index contributed by atoms with van der Waals surface area (Å²) < 4.78 is 0. The first-order valence-electron chi connectivity index (χ1n) is 4.96. The van der Waals surface area contributed by atoms with Gasteiger partial charge in [-0.2, -0.15) is 12.8 Å². The number of rotatable bonds is 2. The Morgan fingerprint density at radius 3 is 2.17 bits per heavy atom. The molecule has 0 nitrogen and oxygen atoms in total. The van der Waals surface area contributed by atoms with Gasteiger partial charge in [0.25, 0.3) is 0 Å². The Bertz CT molecular complexity index is 122. The van der Waals surface area contributed by atoms with Crippen LogP contribution in [0.1, 0.15) is 40.5 Å². The molecule has 12 heavy (non-hydrogen) atoms. The smallest absolute Gasteiger partial charge is 0 e. The minimum Gasteiger partial charge on any atom is -0.328 e. The van der Waals surface area contributed by atoms with Gasteiger partial charge in [-0.25, -0.2) is 0 Å². The molecule has 1 saturated carbocycles. The van der Waals surface area contributed by atoms with Gasteiger partial charge < -0.3 is 6.42 Å². The third-order valence-corrected chi connectivity index (χ3v) is 3.73. The van der Waals surface area contributed by atoms with E-state index >= 15 is 0 Å². The number of hydrogen-bond acceptors (Lipinski definition) is 0. The molecule has 0 bridgehead atoms. The first-order chi connectivity index (χ1) is 5.16. The second-order valence-electron chi connectivity index (χ2n) is 4.27. The fourth-order valence-electron chi connectivity index (χ4n) is 2.39. The Morgan fingerprint density at radius 1 is 1.25 bits per heavy atom. The van der Waals surface area contributed by atoms with Crippen LogP contribution in [0.25, 0.3) is 0 Å². The van der Waals surface area contributed by atoms with E-state index in [1.165, 1.54) is 12.8 Å². The van der Waals surface area contributed by atoms with Crippen LogP contribution in [0.2, 0.25) is 0 Å². The van der Waals surface area contributed by atoms with Crippen molar-refractivity contribution in [1.29, 1.82) is 0 Å². The molecule has 1 radical (unpaired) electrons. The van der Waals surface area contributed by atoms with Gasteiger partial charge in [-0.1, -0.05) is 39.5 Å².